The van der Waals surface area contributed by atoms with Crippen LogP contribution in [-0.4, -0.2) is 70.1 Å². The second kappa shape index (κ2) is 7.28. The molecule has 2 aromatic rings. The lowest BCUT2D eigenvalue weighted by atomic mass is 9.96. The largest absolute Gasteiger partial charge is 0.396 e. The minimum absolute atomic E-state index is 0.0779. The lowest BCUT2D eigenvalue weighted by molar-refractivity contribution is 0.0779. The molecule has 8 heteroatoms. The normalized spacial score (nSPS) is 23.4. The van der Waals surface area contributed by atoms with Gasteiger partial charge in [0.05, 0.1) is 11.0 Å². The summed E-state index contributed by atoms with van der Waals surface area (Å²) < 4.78 is 0. The molecule has 2 atom stereocenters. The van der Waals surface area contributed by atoms with Crippen molar-refractivity contribution in [3.63, 3.8) is 0 Å². The number of nitrogens with one attached hydrogen (secondary N) is 2. The zero-order valence-electron chi connectivity index (χ0n) is 15.1. The van der Waals surface area contributed by atoms with Gasteiger partial charge in [-0.2, -0.15) is 0 Å². The van der Waals surface area contributed by atoms with Crippen molar-refractivity contribution in [3.05, 3.63) is 44.5 Å². The molecule has 2 aliphatic heterocycles. The van der Waals surface area contributed by atoms with E-state index in [-0.39, 0.29) is 24.3 Å². The van der Waals surface area contributed by atoms with Crippen LogP contribution < -0.4 is 11.1 Å². The van der Waals surface area contributed by atoms with Gasteiger partial charge in [-0.15, -0.1) is 0 Å². The summed E-state index contributed by atoms with van der Waals surface area (Å²) in [6.07, 6.45) is 2.44. The van der Waals surface area contributed by atoms with E-state index in [1.54, 1.807) is 23.1 Å². The first-order chi connectivity index (χ1) is 13.0. The molecule has 0 unspecified atom stereocenters. The summed E-state index contributed by atoms with van der Waals surface area (Å²) in [6, 6.07) is 4.87. The molecule has 0 aliphatic carbocycles. The number of nitrogens with zero attached hydrogens (tertiary/aromatic N) is 2. The second-order valence-electron chi connectivity index (χ2n) is 7.59. The molecule has 2 fully saturated rings. The number of rotatable bonds is 4. The first-order valence-corrected chi connectivity index (χ1v) is 9.44. The van der Waals surface area contributed by atoms with Crippen molar-refractivity contribution in [1.29, 1.82) is 0 Å². The summed E-state index contributed by atoms with van der Waals surface area (Å²) in [4.78, 5) is 45.1. The van der Waals surface area contributed by atoms with Gasteiger partial charge in [0.1, 0.15) is 0 Å². The van der Waals surface area contributed by atoms with Crippen molar-refractivity contribution in [2.45, 2.75) is 12.8 Å². The summed E-state index contributed by atoms with van der Waals surface area (Å²) in [5, 5.41) is 9.75. The zero-order chi connectivity index (χ0) is 19.0. The fraction of sp³-hybridized carbons (Fsp3) is 0.526. The maximum atomic E-state index is 13.0. The van der Waals surface area contributed by atoms with E-state index < -0.39 is 11.1 Å². The Hall–Kier alpha value is -2.45. The van der Waals surface area contributed by atoms with Gasteiger partial charge >= 0.3 is 11.1 Å². The molecule has 3 heterocycles. The van der Waals surface area contributed by atoms with Crippen molar-refractivity contribution in [2.24, 2.45) is 11.8 Å². The number of carbonyl (C=O) groups excluding carboxylic acids is 1. The van der Waals surface area contributed by atoms with Crippen LogP contribution in [-0.2, 0) is 0 Å². The molecule has 1 aromatic carbocycles. The van der Waals surface area contributed by atoms with Crippen molar-refractivity contribution in [1.82, 2.24) is 19.8 Å². The monoisotopic (exact) mass is 372 g/mol. The molecule has 3 N–H and O–H groups in total. The summed E-state index contributed by atoms with van der Waals surface area (Å²) >= 11 is 0. The van der Waals surface area contributed by atoms with Crippen LogP contribution in [0.3, 0.4) is 0 Å². The van der Waals surface area contributed by atoms with Crippen LogP contribution in [0.15, 0.2) is 27.8 Å². The van der Waals surface area contributed by atoms with Crippen LogP contribution in [0.25, 0.3) is 11.0 Å². The van der Waals surface area contributed by atoms with Crippen molar-refractivity contribution >= 4 is 16.9 Å². The topological polar surface area (TPSA) is 109 Å². The number of carbonyl (C=O) groups is 1. The number of aromatic amines is 2. The molecule has 4 rings (SSSR count). The number of benzene rings is 1. The molecule has 1 amide bonds. The number of aliphatic hydroxyl groups is 1. The highest BCUT2D eigenvalue weighted by atomic mass is 16.3. The molecule has 8 nitrogen and oxygen atoms in total. The number of hydrogen-bond acceptors (Lipinski definition) is 5. The average molecular weight is 372 g/mol. The third-order valence-corrected chi connectivity index (χ3v) is 5.76. The van der Waals surface area contributed by atoms with Gasteiger partial charge in [0, 0.05) is 37.7 Å². The fourth-order valence-electron chi connectivity index (χ4n) is 4.25. The lowest BCUT2D eigenvalue weighted by Gasteiger charge is -2.22. The first-order valence-electron chi connectivity index (χ1n) is 9.44. The van der Waals surface area contributed by atoms with Gasteiger partial charge in [-0.25, -0.2) is 0 Å². The maximum absolute atomic E-state index is 13.0. The molecule has 0 spiro atoms. The predicted molar refractivity (Wildman–Crippen MR) is 101 cm³/mol. The van der Waals surface area contributed by atoms with E-state index in [4.69, 9.17) is 0 Å². The minimum Gasteiger partial charge on any atom is -0.396 e. The Bertz CT molecular complexity index is 960. The van der Waals surface area contributed by atoms with E-state index in [2.05, 4.69) is 14.9 Å². The average Bonchev–Trinajstić information content (AvgIpc) is 3.32. The highest BCUT2D eigenvalue weighted by Gasteiger charge is 2.36. The van der Waals surface area contributed by atoms with Gasteiger partial charge in [-0.05, 0) is 50.0 Å². The molecule has 0 bridgehead atoms. The smallest absolute Gasteiger partial charge is 0.314 e. The number of amides is 1. The van der Waals surface area contributed by atoms with Crippen LogP contribution in [0.2, 0.25) is 0 Å². The molecule has 0 radical (unpaired) electrons. The van der Waals surface area contributed by atoms with E-state index in [9.17, 15) is 19.5 Å². The van der Waals surface area contributed by atoms with Gasteiger partial charge in [0.15, 0.2) is 0 Å². The number of aromatic nitrogens is 2. The maximum Gasteiger partial charge on any atom is 0.314 e. The lowest BCUT2D eigenvalue weighted by Crippen LogP contribution is -2.33. The van der Waals surface area contributed by atoms with E-state index in [0.29, 0.717) is 29.7 Å². The van der Waals surface area contributed by atoms with Crippen molar-refractivity contribution in [3.8, 4) is 0 Å². The number of likely N-dealkylation sites (tertiary alicyclic amines) is 2. The van der Waals surface area contributed by atoms with Gasteiger partial charge < -0.3 is 24.9 Å². The molecule has 2 saturated heterocycles. The predicted octanol–water partition coefficient (Wildman–Crippen LogP) is -0.00730. The van der Waals surface area contributed by atoms with Gasteiger partial charge in [0.25, 0.3) is 5.91 Å². The number of H-pyrrole nitrogens is 2. The highest BCUT2D eigenvalue weighted by molar-refractivity contribution is 5.97. The molecule has 2 aliphatic rings. The molecule has 27 heavy (non-hydrogen) atoms. The van der Waals surface area contributed by atoms with Gasteiger partial charge in [-0.1, -0.05) is 0 Å². The van der Waals surface area contributed by atoms with Crippen molar-refractivity contribution < 1.29 is 9.90 Å². The highest BCUT2D eigenvalue weighted by Crippen LogP contribution is 2.27. The van der Waals surface area contributed by atoms with Crippen LogP contribution in [0, 0.1) is 11.8 Å². The quantitative estimate of drug-likeness (QED) is 0.654. The Labute approximate surface area is 155 Å². The number of fused-ring (bicyclic) bond motifs is 1. The summed E-state index contributed by atoms with van der Waals surface area (Å²) in [7, 11) is 0. The van der Waals surface area contributed by atoms with Gasteiger partial charge in [0.2, 0.25) is 0 Å². The van der Waals surface area contributed by atoms with Gasteiger partial charge in [-0.3, -0.25) is 14.4 Å². The minimum atomic E-state index is -0.737. The first kappa shape index (κ1) is 17.9. The Morgan fingerprint density at radius 3 is 2.41 bits per heavy atom. The molecule has 144 valence electrons. The number of hydrogen-bond donors (Lipinski definition) is 3. The standard InChI is InChI=1S/C19H24N4O4/c24-11-14-10-23(9-13(14)8-22-5-1-2-6-22)19(27)12-3-4-15-16(7-12)21-18(26)17(25)20-15/h3-4,7,13-14,24H,1-2,5-6,8-11H2,(H,20,25)(H,21,26)/t13-,14-/m0/s1. The SMILES string of the molecule is O=C(c1ccc2[nH]c(=O)c(=O)[nH]c2c1)N1C[C@@H](CO)[C@@H](CN2CCCC2)C1. The Balaban J connectivity index is 1.53. The molecule has 0 saturated carbocycles. The molecule has 1 aromatic heterocycles. The fourth-order valence-corrected chi connectivity index (χ4v) is 4.25. The van der Waals surface area contributed by atoms with Crippen LogP contribution in [0.5, 0.6) is 0 Å². The van der Waals surface area contributed by atoms with Crippen LogP contribution in [0.4, 0.5) is 0 Å². The third kappa shape index (κ3) is 3.54. The Morgan fingerprint density at radius 1 is 1.04 bits per heavy atom. The van der Waals surface area contributed by atoms with E-state index in [1.165, 1.54) is 12.8 Å². The van der Waals surface area contributed by atoms with Crippen molar-refractivity contribution in [2.75, 3.05) is 39.3 Å². The molecular weight excluding hydrogens is 348 g/mol. The van der Waals surface area contributed by atoms with E-state index >= 15 is 0 Å². The zero-order valence-corrected chi connectivity index (χ0v) is 15.1. The van der Waals surface area contributed by atoms with E-state index in [1.807, 2.05) is 0 Å². The number of aliphatic hydroxyl groups excluding tert-OH is 1. The molecular formula is C19H24N4O4. The third-order valence-electron chi connectivity index (χ3n) is 5.76. The Kier molecular flexibility index (Phi) is 4.84. The summed E-state index contributed by atoms with van der Waals surface area (Å²) in [6.45, 7) is 4.35. The van der Waals surface area contributed by atoms with E-state index in [0.717, 1.165) is 19.6 Å². The Morgan fingerprint density at radius 2 is 1.70 bits per heavy atom. The second-order valence-corrected chi connectivity index (χ2v) is 7.59. The summed E-state index contributed by atoms with van der Waals surface area (Å²) in [5.41, 5.74) is -0.0747. The van der Waals surface area contributed by atoms with Crippen LogP contribution in [0.1, 0.15) is 23.2 Å². The summed E-state index contributed by atoms with van der Waals surface area (Å²) in [5.74, 6) is 0.242. The van der Waals surface area contributed by atoms with Crippen LogP contribution >= 0.6 is 0 Å².